The van der Waals surface area contributed by atoms with Gasteiger partial charge in [-0.05, 0) is 31.4 Å². The van der Waals surface area contributed by atoms with E-state index in [4.69, 9.17) is 9.84 Å². The lowest BCUT2D eigenvalue weighted by atomic mass is 10.2. The van der Waals surface area contributed by atoms with Crippen molar-refractivity contribution in [3.8, 4) is 5.75 Å². The van der Waals surface area contributed by atoms with Crippen LogP contribution in [-0.4, -0.2) is 27.7 Å². The van der Waals surface area contributed by atoms with Crippen LogP contribution in [0.1, 0.15) is 31.9 Å². The Kier molecular flexibility index (Phi) is 4.92. The number of aliphatic carboxylic acids is 1. The van der Waals surface area contributed by atoms with Gasteiger partial charge >= 0.3 is 5.97 Å². The van der Waals surface area contributed by atoms with E-state index in [1.165, 1.54) is 0 Å². The van der Waals surface area contributed by atoms with Crippen molar-refractivity contribution in [1.29, 1.82) is 0 Å². The van der Waals surface area contributed by atoms with Crippen molar-refractivity contribution >= 4 is 17.0 Å². The molecule has 1 heterocycles. The second-order valence-electron chi connectivity index (χ2n) is 4.74. The number of nitrogens with one attached hydrogen (secondary N) is 1. The van der Waals surface area contributed by atoms with Crippen LogP contribution in [0.2, 0.25) is 0 Å². The fraction of sp³-hybridized carbons (Fsp3) is 0.400. The smallest absolute Gasteiger partial charge is 0.303 e. The minimum Gasteiger partial charge on any atom is -0.494 e. The number of nitrogens with zero attached hydrogens (tertiary/aromatic N) is 1. The molecule has 0 aliphatic rings. The predicted octanol–water partition coefficient (Wildman–Crippen LogP) is 2.12. The number of fused-ring (bicyclic) bond motifs is 1. The zero-order valence-electron chi connectivity index (χ0n) is 11.9. The van der Waals surface area contributed by atoms with Gasteiger partial charge in [-0.1, -0.05) is 6.92 Å². The van der Waals surface area contributed by atoms with Gasteiger partial charge in [0, 0.05) is 12.5 Å². The Morgan fingerprint density at radius 2 is 2.19 bits per heavy atom. The third kappa shape index (κ3) is 4.05. The van der Waals surface area contributed by atoms with Crippen LogP contribution in [0, 0.1) is 0 Å². The van der Waals surface area contributed by atoms with Crippen molar-refractivity contribution < 1.29 is 14.6 Å². The highest BCUT2D eigenvalue weighted by molar-refractivity contribution is 5.75. The Labute approximate surface area is 121 Å². The number of carboxylic acids is 1. The van der Waals surface area contributed by atoms with Gasteiger partial charge in [0.25, 0.3) is 5.56 Å². The molecule has 0 saturated heterocycles. The van der Waals surface area contributed by atoms with E-state index in [-0.39, 0.29) is 12.0 Å². The highest BCUT2D eigenvalue weighted by atomic mass is 16.5. The third-order valence-electron chi connectivity index (χ3n) is 3.12. The maximum absolute atomic E-state index is 11.7. The van der Waals surface area contributed by atoms with Crippen LogP contribution in [0.4, 0.5) is 0 Å². The van der Waals surface area contributed by atoms with Crippen molar-refractivity contribution in [1.82, 2.24) is 9.97 Å². The van der Waals surface area contributed by atoms with Gasteiger partial charge in [0.2, 0.25) is 0 Å². The van der Waals surface area contributed by atoms with E-state index in [1.54, 1.807) is 18.2 Å². The number of hydrogen-bond donors (Lipinski definition) is 2. The predicted molar refractivity (Wildman–Crippen MR) is 78.7 cm³/mol. The molecular weight excluding hydrogens is 272 g/mol. The molecule has 0 saturated carbocycles. The minimum atomic E-state index is -0.791. The molecular formula is C15H18N2O4. The van der Waals surface area contributed by atoms with E-state index in [2.05, 4.69) is 9.97 Å². The number of rotatable bonds is 7. The molecule has 6 heteroatoms. The average molecular weight is 290 g/mol. The average Bonchev–Trinajstić information content (AvgIpc) is 2.46. The lowest BCUT2D eigenvalue weighted by Gasteiger charge is -2.07. The molecule has 1 aromatic carbocycles. The van der Waals surface area contributed by atoms with Crippen LogP contribution in [0.5, 0.6) is 5.75 Å². The summed E-state index contributed by atoms with van der Waals surface area (Å²) in [5.74, 6) is -0.125. The molecule has 0 bridgehead atoms. The summed E-state index contributed by atoms with van der Waals surface area (Å²) in [6.07, 6.45) is 2.01. The van der Waals surface area contributed by atoms with Crippen LogP contribution in [-0.2, 0) is 11.2 Å². The summed E-state index contributed by atoms with van der Waals surface area (Å²) < 4.78 is 5.57. The summed E-state index contributed by atoms with van der Waals surface area (Å²) in [6.45, 7) is 2.34. The number of unbranched alkanes of at least 4 members (excludes halogenated alkanes) is 1. The van der Waals surface area contributed by atoms with Crippen molar-refractivity contribution in [2.45, 2.75) is 32.6 Å². The Morgan fingerprint density at radius 1 is 1.38 bits per heavy atom. The molecule has 0 fully saturated rings. The summed E-state index contributed by atoms with van der Waals surface area (Å²) >= 11 is 0. The molecule has 0 amide bonds. The topological polar surface area (TPSA) is 92.3 Å². The van der Waals surface area contributed by atoms with E-state index >= 15 is 0 Å². The van der Waals surface area contributed by atoms with Crippen molar-refractivity contribution in [2.75, 3.05) is 6.61 Å². The first-order valence-electron chi connectivity index (χ1n) is 6.97. The number of H-pyrrole nitrogens is 1. The Balaban J connectivity index is 2.03. The molecule has 21 heavy (non-hydrogen) atoms. The van der Waals surface area contributed by atoms with Crippen LogP contribution < -0.4 is 10.3 Å². The molecule has 1 aromatic heterocycles. The number of aromatic amines is 1. The molecule has 2 N–H and O–H groups in total. The Bertz CT molecular complexity index is 694. The Hall–Kier alpha value is -2.37. The van der Waals surface area contributed by atoms with Crippen molar-refractivity contribution in [3.63, 3.8) is 0 Å². The molecule has 112 valence electrons. The zero-order valence-corrected chi connectivity index (χ0v) is 11.9. The molecule has 0 aliphatic heterocycles. The maximum Gasteiger partial charge on any atom is 0.303 e. The molecule has 0 radical (unpaired) electrons. The highest BCUT2D eigenvalue weighted by Crippen LogP contribution is 2.17. The first-order chi connectivity index (χ1) is 10.1. The maximum atomic E-state index is 11.7. The minimum absolute atomic E-state index is 0.156. The number of hydrogen-bond acceptors (Lipinski definition) is 4. The number of ether oxygens (including phenoxy) is 1. The van der Waals surface area contributed by atoms with Crippen LogP contribution in [0.15, 0.2) is 23.0 Å². The molecule has 0 aliphatic carbocycles. The van der Waals surface area contributed by atoms with E-state index in [9.17, 15) is 9.59 Å². The number of aryl methyl sites for hydroxylation is 1. The van der Waals surface area contributed by atoms with Gasteiger partial charge in [-0.25, -0.2) is 4.98 Å². The Morgan fingerprint density at radius 3 is 2.90 bits per heavy atom. The molecule has 6 nitrogen and oxygen atoms in total. The number of carboxylic acid groups (broad SMARTS) is 1. The third-order valence-corrected chi connectivity index (χ3v) is 3.12. The molecule has 0 atom stereocenters. The largest absolute Gasteiger partial charge is 0.494 e. The first kappa shape index (κ1) is 15.0. The van der Waals surface area contributed by atoms with Gasteiger partial charge in [-0.15, -0.1) is 0 Å². The van der Waals surface area contributed by atoms with Gasteiger partial charge in [0.1, 0.15) is 11.4 Å². The van der Waals surface area contributed by atoms with E-state index < -0.39 is 5.97 Å². The first-order valence-corrected chi connectivity index (χ1v) is 6.97. The van der Waals surface area contributed by atoms with Crippen LogP contribution >= 0.6 is 0 Å². The van der Waals surface area contributed by atoms with Crippen LogP contribution in [0.3, 0.4) is 0 Å². The van der Waals surface area contributed by atoms with Gasteiger partial charge in [0.15, 0.2) is 0 Å². The molecule has 0 unspecified atom stereocenters. The van der Waals surface area contributed by atoms with Crippen molar-refractivity contribution in [3.05, 3.63) is 34.2 Å². The highest BCUT2D eigenvalue weighted by Gasteiger charge is 2.04. The molecule has 0 spiro atoms. The zero-order chi connectivity index (χ0) is 15.2. The second-order valence-corrected chi connectivity index (χ2v) is 4.74. The normalized spacial score (nSPS) is 10.7. The summed E-state index contributed by atoms with van der Waals surface area (Å²) in [6, 6.07) is 5.31. The van der Waals surface area contributed by atoms with Crippen molar-refractivity contribution in [2.24, 2.45) is 0 Å². The van der Waals surface area contributed by atoms with E-state index in [0.717, 1.165) is 0 Å². The van der Waals surface area contributed by atoms with Gasteiger partial charge in [0.05, 0.1) is 17.6 Å². The SMILES string of the molecule is CCc1nc2cc(OCCCCC(=O)O)ccc2[nH]c1=O. The van der Waals surface area contributed by atoms with E-state index in [0.29, 0.717) is 48.3 Å². The van der Waals surface area contributed by atoms with Gasteiger partial charge < -0.3 is 14.8 Å². The summed E-state index contributed by atoms with van der Waals surface area (Å²) in [5, 5.41) is 8.54. The van der Waals surface area contributed by atoms with Gasteiger partial charge in [-0.2, -0.15) is 0 Å². The summed E-state index contributed by atoms with van der Waals surface area (Å²) in [7, 11) is 0. The molecule has 2 aromatic rings. The number of carbonyl (C=O) groups is 1. The monoisotopic (exact) mass is 290 g/mol. The van der Waals surface area contributed by atoms with Crippen LogP contribution in [0.25, 0.3) is 11.0 Å². The lowest BCUT2D eigenvalue weighted by Crippen LogP contribution is -2.14. The summed E-state index contributed by atoms with van der Waals surface area (Å²) in [4.78, 5) is 29.1. The van der Waals surface area contributed by atoms with Gasteiger partial charge in [-0.3, -0.25) is 9.59 Å². The standard InChI is InChI=1S/C15H18N2O4/c1-2-11-15(20)17-12-7-6-10(9-13(12)16-11)21-8-4-3-5-14(18)19/h6-7,9H,2-5,8H2,1H3,(H,17,20)(H,18,19). The number of benzene rings is 1. The molecule has 2 rings (SSSR count). The fourth-order valence-electron chi connectivity index (χ4n) is 2.00. The quantitative estimate of drug-likeness (QED) is 0.762. The fourth-order valence-corrected chi connectivity index (χ4v) is 2.00. The lowest BCUT2D eigenvalue weighted by molar-refractivity contribution is -0.137. The summed E-state index contributed by atoms with van der Waals surface area (Å²) in [5.41, 5.74) is 1.71. The van der Waals surface area contributed by atoms with E-state index in [1.807, 2.05) is 6.92 Å². The second kappa shape index (κ2) is 6.88. The number of aromatic nitrogens is 2.